The van der Waals surface area contributed by atoms with Crippen LogP contribution in [0.25, 0.3) is 0 Å². The van der Waals surface area contributed by atoms with Crippen molar-refractivity contribution < 1.29 is 14.2 Å². The fraction of sp³-hybridized carbons (Fsp3) is 1.00. The van der Waals surface area contributed by atoms with Crippen molar-refractivity contribution in [3.05, 3.63) is 0 Å². The third-order valence-corrected chi connectivity index (χ3v) is 2.27. The summed E-state index contributed by atoms with van der Waals surface area (Å²) in [5, 5.41) is 0. The van der Waals surface area contributed by atoms with Gasteiger partial charge in [-0.3, -0.25) is 0 Å². The normalized spacial score (nSPS) is 25.0. The van der Waals surface area contributed by atoms with Gasteiger partial charge >= 0.3 is 0 Å². The van der Waals surface area contributed by atoms with Crippen molar-refractivity contribution >= 4 is 0 Å². The van der Waals surface area contributed by atoms with Gasteiger partial charge in [-0.2, -0.15) is 0 Å². The number of rotatable bonds is 6. The Kier molecular flexibility index (Phi) is 4.99. The first-order chi connectivity index (χ1) is 6.99. The third kappa shape index (κ3) is 5.47. The number of ether oxygens (including phenoxy) is 3. The summed E-state index contributed by atoms with van der Waals surface area (Å²) in [5.41, 5.74) is 0. The Hall–Kier alpha value is -0.160. The van der Waals surface area contributed by atoms with E-state index in [0.717, 1.165) is 19.6 Å². The summed E-state index contributed by atoms with van der Waals surface area (Å²) >= 11 is 0. The molecular formula is C11H23NO3. The lowest BCUT2D eigenvalue weighted by atomic mass is 10.4. The van der Waals surface area contributed by atoms with E-state index < -0.39 is 5.79 Å². The summed E-state index contributed by atoms with van der Waals surface area (Å²) in [6.07, 6.45) is 1.16. The predicted molar refractivity (Wildman–Crippen MR) is 58.9 cm³/mol. The molecule has 4 nitrogen and oxygen atoms in total. The molecule has 0 aromatic carbocycles. The van der Waals surface area contributed by atoms with E-state index in [0.29, 0.717) is 13.2 Å². The molecule has 0 amide bonds. The first-order valence-corrected chi connectivity index (χ1v) is 5.54. The summed E-state index contributed by atoms with van der Waals surface area (Å²) in [5.74, 6) is -0.433. The SMILES string of the molecule is CN(C)CCCOC[C@H]1COC(C)(C)O1. The lowest BCUT2D eigenvalue weighted by Gasteiger charge is -2.17. The lowest BCUT2D eigenvalue weighted by Crippen LogP contribution is -2.24. The van der Waals surface area contributed by atoms with Crippen LogP contribution in [-0.2, 0) is 14.2 Å². The molecule has 0 N–H and O–H groups in total. The smallest absolute Gasteiger partial charge is 0.163 e. The zero-order valence-corrected chi connectivity index (χ0v) is 10.3. The Labute approximate surface area is 92.5 Å². The van der Waals surface area contributed by atoms with Crippen molar-refractivity contribution in [1.82, 2.24) is 4.90 Å². The van der Waals surface area contributed by atoms with Crippen LogP contribution < -0.4 is 0 Å². The number of hydrogen-bond acceptors (Lipinski definition) is 4. The van der Waals surface area contributed by atoms with Gasteiger partial charge in [0.2, 0.25) is 0 Å². The summed E-state index contributed by atoms with van der Waals surface area (Å²) in [6, 6.07) is 0. The van der Waals surface area contributed by atoms with Gasteiger partial charge in [0, 0.05) is 6.61 Å². The average Bonchev–Trinajstić information content (AvgIpc) is 2.44. The molecule has 1 aliphatic heterocycles. The molecule has 15 heavy (non-hydrogen) atoms. The van der Waals surface area contributed by atoms with E-state index in [1.54, 1.807) is 0 Å². The monoisotopic (exact) mass is 217 g/mol. The molecule has 1 fully saturated rings. The van der Waals surface area contributed by atoms with E-state index in [1.165, 1.54) is 0 Å². The van der Waals surface area contributed by atoms with Gasteiger partial charge in [0.25, 0.3) is 0 Å². The van der Waals surface area contributed by atoms with Crippen LogP contribution >= 0.6 is 0 Å². The highest BCUT2D eigenvalue weighted by Crippen LogP contribution is 2.22. The zero-order chi connectivity index (χ0) is 11.3. The minimum atomic E-state index is -0.433. The lowest BCUT2D eigenvalue weighted by molar-refractivity contribution is -0.145. The molecule has 0 aromatic heterocycles. The molecule has 0 bridgehead atoms. The van der Waals surface area contributed by atoms with Gasteiger partial charge in [-0.15, -0.1) is 0 Å². The van der Waals surface area contributed by atoms with Crippen LogP contribution in [0, 0.1) is 0 Å². The van der Waals surface area contributed by atoms with Gasteiger partial charge in [0.1, 0.15) is 6.10 Å². The quantitative estimate of drug-likeness (QED) is 0.624. The van der Waals surface area contributed by atoms with Crippen molar-refractivity contribution in [2.24, 2.45) is 0 Å². The molecule has 1 rings (SSSR count). The Morgan fingerprint density at radius 1 is 1.40 bits per heavy atom. The van der Waals surface area contributed by atoms with Crippen LogP contribution in [0.15, 0.2) is 0 Å². The van der Waals surface area contributed by atoms with Crippen molar-refractivity contribution in [2.45, 2.75) is 32.2 Å². The van der Waals surface area contributed by atoms with Crippen molar-refractivity contribution in [3.63, 3.8) is 0 Å². The fourth-order valence-corrected chi connectivity index (χ4v) is 1.54. The van der Waals surface area contributed by atoms with Gasteiger partial charge < -0.3 is 19.1 Å². The van der Waals surface area contributed by atoms with E-state index >= 15 is 0 Å². The number of nitrogens with zero attached hydrogens (tertiary/aromatic N) is 1. The molecule has 0 aliphatic carbocycles. The zero-order valence-electron chi connectivity index (χ0n) is 10.3. The molecule has 1 saturated heterocycles. The highest BCUT2D eigenvalue weighted by molar-refractivity contribution is 4.70. The highest BCUT2D eigenvalue weighted by Gasteiger charge is 2.32. The van der Waals surface area contributed by atoms with E-state index in [9.17, 15) is 0 Å². The molecule has 0 saturated carbocycles. The summed E-state index contributed by atoms with van der Waals surface area (Å²) < 4.78 is 16.6. The Bertz CT molecular complexity index is 183. The first-order valence-electron chi connectivity index (χ1n) is 5.54. The van der Waals surface area contributed by atoms with Crippen molar-refractivity contribution in [3.8, 4) is 0 Å². The Morgan fingerprint density at radius 2 is 2.13 bits per heavy atom. The van der Waals surface area contributed by atoms with E-state index in [-0.39, 0.29) is 6.10 Å². The Balaban J connectivity index is 1.97. The third-order valence-electron chi connectivity index (χ3n) is 2.27. The van der Waals surface area contributed by atoms with E-state index in [1.807, 2.05) is 13.8 Å². The maximum absolute atomic E-state index is 5.62. The highest BCUT2D eigenvalue weighted by atomic mass is 16.7. The maximum atomic E-state index is 5.62. The minimum absolute atomic E-state index is 0.0966. The van der Waals surface area contributed by atoms with Gasteiger partial charge in [-0.25, -0.2) is 0 Å². The topological polar surface area (TPSA) is 30.9 Å². The van der Waals surface area contributed by atoms with Crippen molar-refractivity contribution in [2.75, 3.05) is 40.5 Å². The molecule has 0 radical (unpaired) electrons. The molecule has 1 heterocycles. The molecular weight excluding hydrogens is 194 g/mol. The first kappa shape index (κ1) is 12.9. The van der Waals surface area contributed by atoms with Crippen LogP contribution in [0.3, 0.4) is 0 Å². The molecule has 4 heteroatoms. The van der Waals surface area contributed by atoms with E-state index in [4.69, 9.17) is 14.2 Å². The van der Waals surface area contributed by atoms with E-state index in [2.05, 4.69) is 19.0 Å². The summed E-state index contributed by atoms with van der Waals surface area (Å²) in [6.45, 7) is 6.99. The maximum Gasteiger partial charge on any atom is 0.163 e. The number of hydrogen-bond donors (Lipinski definition) is 0. The second kappa shape index (κ2) is 5.80. The van der Waals surface area contributed by atoms with Crippen LogP contribution in [-0.4, -0.2) is 57.3 Å². The molecule has 1 aliphatic rings. The van der Waals surface area contributed by atoms with Crippen LogP contribution in [0.1, 0.15) is 20.3 Å². The standard InChI is InChI=1S/C11H23NO3/c1-11(2)14-9-10(15-11)8-13-7-5-6-12(3)4/h10H,5-9H2,1-4H3/t10-/m0/s1. The van der Waals surface area contributed by atoms with Crippen LogP contribution in [0.5, 0.6) is 0 Å². The molecule has 1 atom stereocenters. The van der Waals surface area contributed by atoms with Crippen LogP contribution in [0.4, 0.5) is 0 Å². The second-order valence-corrected chi connectivity index (χ2v) is 4.68. The van der Waals surface area contributed by atoms with Gasteiger partial charge in [-0.1, -0.05) is 0 Å². The molecule has 90 valence electrons. The summed E-state index contributed by atoms with van der Waals surface area (Å²) in [7, 11) is 4.13. The molecule has 0 spiro atoms. The average molecular weight is 217 g/mol. The van der Waals surface area contributed by atoms with Gasteiger partial charge in [0.05, 0.1) is 13.2 Å². The molecule has 0 unspecified atom stereocenters. The van der Waals surface area contributed by atoms with Crippen LogP contribution in [0.2, 0.25) is 0 Å². The van der Waals surface area contributed by atoms with Gasteiger partial charge in [-0.05, 0) is 40.9 Å². The summed E-state index contributed by atoms with van der Waals surface area (Å²) in [4.78, 5) is 2.15. The van der Waals surface area contributed by atoms with Crippen molar-refractivity contribution in [1.29, 1.82) is 0 Å². The fourth-order valence-electron chi connectivity index (χ4n) is 1.54. The largest absolute Gasteiger partial charge is 0.379 e. The Morgan fingerprint density at radius 3 is 2.67 bits per heavy atom. The molecule has 0 aromatic rings. The second-order valence-electron chi connectivity index (χ2n) is 4.68. The van der Waals surface area contributed by atoms with Gasteiger partial charge in [0.15, 0.2) is 5.79 Å². The predicted octanol–water partition coefficient (Wildman–Crippen LogP) is 1.11. The minimum Gasteiger partial charge on any atom is -0.379 e.